The third kappa shape index (κ3) is 2.38. The Morgan fingerprint density at radius 2 is 1.95 bits per heavy atom. The Kier molecular flexibility index (Phi) is 3.29. The maximum absolute atomic E-state index is 13.6. The van der Waals surface area contributed by atoms with Gasteiger partial charge in [0.15, 0.2) is 11.6 Å². The van der Waals surface area contributed by atoms with Crippen LogP contribution in [0.25, 0.3) is 0 Å². The lowest BCUT2D eigenvalue weighted by Gasteiger charge is -2.34. The smallest absolute Gasteiger partial charge is 0.315 e. The molecule has 1 heterocycles. The normalized spacial score (nSPS) is 30.6. The zero-order chi connectivity index (χ0) is 13.4. The topological polar surface area (TPSA) is 26.3 Å². The van der Waals surface area contributed by atoms with Crippen LogP contribution < -0.4 is 4.74 Å². The lowest BCUT2D eigenvalue weighted by Crippen LogP contribution is -2.35. The van der Waals surface area contributed by atoms with Gasteiger partial charge in [-0.15, -0.1) is 0 Å². The number of ether oxygens (including phenoxy) is 1. The van der Waals surface area contributed by atoms with Crippen LogP contribution in [0.4, 0.5) is 4.39 Å². The molecule has 1 aromatic carbocycles. The molecule has 0 spiro atoms. The third-order valence-corrected chi connectivity index (χ3v) is 4.62. The van der Waals surface area contributed by atoms with E-state index in [0.717, 1.165) is 24.3 Å². The molecule has 0 radical (unpaired) electrons. The number of rotatable bonds is 1. The standard InChI is InChI=1S/C16H19FO2/c1-10-5-7-11(8-6-10)13-9-12-3-2-4-14(17)15(12)19-16(13)18/h2-4,10-11,13H,5-9H2,1H3. The van der Waals surface area contributed by atoms with Crippen LogP contribution in [0.1, 0.15) is 38.2 Å². The van der Waals surface area contributed by atoms with Crippen LogP contribution >= 0.6 is 0 Å². The molecule has 0 amide bonds. The fourth-order valence-electron chi connectivity index (χ4n) is 3.37. The Hall–Kier alpha value is -1.38. The number of hydrogen-bond donors (Lipinski definition) is 0. The van der Waals surface area contributed by atoms with E-state index >= 15 is 0 Å². The number of carbonyl (C=O) groups is 1. The largest absolute Gasteiger partial charge is 0.423 e. The van der Waals surface area contributed by atoms with Gasteiger partial charge in [0.25, 0.3) is 0 Å². The third-order valence-electron chi connectivity index (χ3n) is 4.62. The first-order valence-electron chi connectivity index (χ1n) is 7.14. The molecule has 1 saturated carbocycles. The second-order valence-electron chi connectivity index (χ2n) is 5.98. The van der Waals surface area contributed by atoms with Crippen LogP contribution in [0.5, 0.6) is 5.75 Å². The van der Waals surface area contributed by atoms with Gasteiger partial charge in [0, 0.05) is 0 Å². The second-order valence-corrected chi connectivity index (χ2v) is 5.98. The van der Waals surface area contributed by atoms with E-state index in [1.807, 2.05) is 6.07 Å². The number of esters is 1. The van der Waals surface area contributed by atoms with Crippen molar-refractivity contribution in [2.24, 2.45) is 17.8 Å². The summed E-state index contributed by atoms with van der Waals surface area (Å²) in [5.41, 5.74) is 0.836. The molecule has 1 aliphatic carbocycles. The minimum Gasteiger partial charge on any atom is -0.423 e. The number of carbonyl (C=O) groups excluding carboxylic acids is 1. The summed E-state index contributed by atoms with van der Waals surface area (Å²) in [4.78, 5) is 12.1. The quantitative estimate of drug-likeness (QED) is 0.569. The zero-order valence-corrected chi connectivity index (χ0v) is 11.2. The summed E-state index contributed by atoms with van der Waals surface area (Å²) in [5.74, 6) is 0.564. The van der Waals surface area contributed by atoms with Crippen LogP contribution in [0.3, 0.4) is 0 Å². The van der Waals surface area contributed by atoms with Crippen molar-refractivity contribution in [2.45, 2.75) is 39.0 Å². The van der Waals surface area contributed by atoms with Crippen molar-refractivity contribution in [3.63, 3.8) is 0 Å². The summed E-state index contributed by atoms with van der Waals surface area (Å²) >= 11 is 0. The van der Waals surface area contributed by atoms with Crippen LogP contribution in [0.15, 0.2) is 18.2 Å². The van der Waals surface area contributed by atoms with Gasteiger partial charge < -0.3 is 4.74 Å². The first-order chi connectivity index (χ1) is 9.15. The first-order valence-corrected chi connectivity index (χ1v) is 7.14. The van der Waals surface area contributed by atoms with Gasteiger partial charge in [-0.2, -0.15) is 0 Å². The molecular weight excluding hydrogens is 243 g/mol. The van der Waals surface area contributed by atoms with E-state index in [0.29, 0.717) is 12.3 Å². The van der Waals surface area contributed by atoms with Crippen LogP contribution in [0, 0.1) is 23.6 Å². The summed E-state index contributed by atoms with van der Waals surface area (Å²) in [6.45, 7) is 2.26. The summed E-state index contributed by atoms with van der Waals surface area (Å²) in [6, 6.07) is 4.89. The molecule has 1 aromatic rings. The average molecular weight is 262 g/mol. The van der Waals surface area contributed by atoms with Crippen molar-refractivity contribution in [3.8, 4) is 5.75 Å². The fourth-order valence-corrected chi connectivity index (χ4v) is 3.37. The molecule has 1 fully saturated rings. The summed E-state index contributed by atoms with van der Waals surface area (Å²) < 4.78 is 18.8. The van der Waals surface area contributed by atoms with Crippen LogP contribution in [-0.2, 0) is 11.2 Å². The molecule has 0 N–H and O–H groups in total. The van der Waals surface area contributed by atoms with Crippen LogP contribution in [-0.4, -0.2) is 5.97 Å². The van der Waals surface area contributed by atoms with Crippen molar-refractivity contribution >= 4 is 5.97 Å². The number of hydrogen-bond acceptors (Lipinski definition) is 2. The molecule has 19 heavy (non-hydrogen) atoms. The highest BCUT2D eigenvalue weighted by Crippen LogP contribution is 2.39. The second kappa shape index (κ2) is 4.95. The van der Waals surface area contributed by atoms with E-state index in [1.165, 1.54) is 18.9 Å². The molecule has 3 rings (SSSR count). The van der Waals surface area contributed by atoms with Crippen molar-refractivity contribution in [1.29, 1.82) is 0 Å². The summed E-state index contributed by atoms with van der Waals surface area (Å²) in [7, 11) is 0. The van der Waals surface area contributed by atoms with Gasteiger partial charge in [0.2, 0.25) is 0 Å². The summed E-state index contributed by atoms with van der Waals surface area (Å²) in [5, 5.41) is 0. The number of halogens is 1. The van der Waals surface area contributed by atoms with Gasteiger partial charge in [-0.3, -0.25) is 4.79 Å². The van der Waals surface area contributed by atoms with E-state index in [9.17, 15) is 9.18 Å². The van der Waals surface area contributed by atoms with Gasteiger partial charge in [-0.1, -0.05) is 31.9 Å². The molecule has 0 bridgehead atoms. The van der Waals surface area contributed by atoms with E-state index < -0.39 is 5.82 Å². The molecule has 2 nitrogen and oxygen atoms in total. The lowest BCUT2D eigenvalue weighted by molar-refractivity contribution is -0.143. The van der Waals surface area contributed by atoms with Gasteiger partial charge in [-0.25, -0.2) is 4.39 Å². The van der Waals surface area contributed by atoms with Gasteiger partial charge >= 0.3 is 5.97 Å². The highest BCUT2D eigenvalue weighted by molar-refractivity contribution is 5.78. The number of para-hydroxylation sites is 1. The van der Waals surface area contributed by atoms with E-state index in [2.05, 4.69) is 6.92 Å². The predicted octanol–water partition coefficient (Wildman–Crippen LogP) is 3.73. The van der Waals surface area contributed by atoms with E-state index in [1.54, 1.807) is 6.07 Å². The number of benzene rings is 1. The zero-order valence-electron chi connectivity index (χ0n) is 11.2. The maximum atomic E-state index is 13.6. The molecule has 3 heteroatoms. The molecule has 0 aromatic heterocycles. The number of fused-ring (bicyclic) bond motifs is 1. The van der Waals surface area contributed by atoms with Gasteiger partial charge in [-0.05, 0) is 42.7 Å². The average Bonchev–Trinajstić information content (AvgIpc) is 2.40. The molecule has 2 aliphatic rings. The molecule has 1 atom stereocenters. The van der Waals surface area contributed by atoms with Gasteiger partial charge in [0.1, 0.15) is 0 Å². The monoisotopic (exact) mass is 262 g/mol. The Bertz CT molecular complexity index is 490. The molecule has 1 aliphatic heterocycles. The Morgan fingerprint density at radius 3 is 2.68 bits per heavy atom. The predicted molar refractivity (Wildman–Crippen MR) is 70.4 cm³/mol. The molecule has 102 valence electrons. The van der Waals surface area contributed by atoms with Crippen LogP contribution in [0.2, 0.25) is 0 Å². The molecular formula is C16H19FO2. The molecule has 1 unspecified atom stereocenters. The minimum atomic E-state index is -0.429. The van der Waals surface area contributed by atoms with E-state index in [-0.39, 0.29) is 17.6 Å². The highest BCUT2D eigenvalue weighted by Gasteiger charge is 2.37. The van der Waals surface area contributed by atoms with E-state index in [4.69, 9.17) is 4.74 Å². The molecule has 0 saturated heterocycles. The fraction of sp³-hybridized carbons (Fsp3) is 0.562. The van der Waals surface area contributed by atoms with Crippen molar-refractivity contribution in [2.75, 3.05) is 0 Å². The van der Waals surface area contributed by atoms with Crippen molar-refractivity contribution in [1.82, 2.24) is 0 Å². The summed E-state index contributed by atoms with van der Waals surface area (Å²) in [6.07, 6.45) is 5.18. The first kappa shape index (κ1) is 12.6. The Labute approximate surface area is 113 Å². The van der Waals surface area contributed by atoms with Crippen molar-refractivity contribution < 1.29 is 13.9 Å². The highest BCUT2D eigenvalue weighted by atomic mass is 19.1. The van der Waals surface area contributed by atoms with Crippen molar-refractivity contribution in [3.05, 3.63) is 29.6 Å². The van der Waals surface area contributed by atoms with Gasteiger partial charge in [0.05, 0.1) is 5.92 Å². The maximum Gasteiger partial charge on any atom is 0.315 e. The SMILES string of the molecule is CC1CCC(C2Cc3cccc(F)c3OC2=O)CC1. The minimum absolute atomic E-state index is 0.0817. The Balaban J connectivity index is 1.80. The Morgan fingerprint density at radius 1 is 1.21 bits per heavy atom. The lowest BCUT2D eigenvalue weighted by atomic mass is 9.74.